The van der Waals surface area contributed by atoms with Crippen molar-refractivity contribution in [1.29, 1.82) is 0 Å². The highest BCUT2D eigenvalue weighted by atomic mass is 79.9. The molecule has 0 fully saturated rings. The molecule has 5 rings (SSSR count). The smallest absolute Gasteiger partial charge is 0.0648 e. The van der Waals surface area contributed by atoms with Gasteiger partial charge in [0, 0.05) is 15.2 Å². The van der Waals surface area contributed by atoms with E-state index in [9.17, 15) is 0 Å². The fourth-order valence-corrected chi connectivity index (χ4v) is 4.31. The summed E-state index contributed by atoms with van der Waals surface area (Å²) in [5.74, 6) is 0. The van der Waals surface area contributed by atoms with Gasteiger partial charge in [-0.15, -0.1) is 0 Å². The van der Waals surface area contributed by atoms with Crippen LogP contribution >= 0.6 is 27.5 Å². The van der Waals surface area contributed by atoms with Crippen LogP contribution in [0.4, 0.5) is 0 Å². The van der Waals surface area contributed by atoms with Gasteiger partial charge in [-0.05, 0) is 47.2 Å². The largest absolute Gasteiger partial charge is 0.308 e. The molecule has 0 bridgehead atoms. The molecule has 5 aromatic rings. The van der Waals surface area contributed by atoms with Crippen molar-refractivity contribution in [2.24, 2.45) is 0 Å². The molecular weight excluding hydrogens is 394 g/mol. The molecule has 25 heavy (non-hydrogen) atoms. The maximum Gasteiger partial charge on any atom is 0.0648 e. The van der Waals surface area contributed by atoms with Crippen molar-refractivity contribution < 1.29 is 0 Å². The third kappa shape index (κ3) is 2.21. The molecule has 0 radical (unpaired) electrons. The van der Waals surface area contributed by atoms with E-state index in [1.807, 2.05) is 18.2 Å². The van der Waals surface area contributed by atoms with E-state index in [0.717, 1.165) is 20.7 Å². The van der Waals surface area contributed by atoms with Crippen molar-refractivity contribution in [1.82, 2.24) is 4.57 Å². The lowest BCUT2D eigenvalue weighted by molar-refractivity contribution is 1.18. The van der Waals surface area contributed by atoms with Crippen LogP contribution in [0.3, 0.4) is 0 Å². The molecule has 1 nitrogen and oxygen atoms in total. The molecule has 120 valence electrons. The molecule has 0 aliphatic rings. The monoisotopic (exact) mass is 405 g/mol. The quantitative estimate of drug-likeness (QED) is 0.274. The van der Waals surface area contributed by atoms with Crippen molar-refractivity contribution in [3.8, 4) is 5.69 Å². The first kappa shape index (κ1) is 15.0. The third-order valence-electron chi connectivity index (χ3n) is 4.71. The van der Waals surface area contributed by atoms with Crippen molar-refractivity contribution in [2.45, 2.75) is 0 Å². The summed E-state index contributed by atoms with van der Waals surface area (Å²) < 4.78 is 3.37. The predicted octanol–water partition coefficient (Wildman–Crippen LogP) is 7.35. The number of halogens is 2. The maximum atomic E-state index is 6.53. The Morgan fingerprint density at radius 1 is 0.680 bits per heavy atom. The van der Waals surface area contributed by atoms with Gasteiger partial charge in [0.2, 0.25) is 0 Å². The van der Waals surface area contributed by atoms with Crippen LogP contribution in [-0.2, 0) is 0 Å². The summed E-state index contributed by atoms with van der Waals surface area (Å²) in [7, 11) is 0. The summed E-state index contributed by atoms with van der Waals surface area (Å²) in [6.45, 7) is 0. The molecule has 0 atom stereocenters. The van der Waals surface area contributed by atoms with E-state index >= 15 is 0 Å². The minimum absolute atomic E-state index is 0.750. The van der Waals surface area contributed by atoms with Crippen LogP contribution < -0.4 is 0 Å². The van der Waals surface area contributed by atoms with E-state index in [1.54, 1.807) is 0 Å². The lowest BCUT2D eigenvalue weighted by Crippen LogP contribution is -1.94. The zero-order chi connectivity index (χ0) is 17.0. The molecule has 0 amide bonds. The van der Waals surface area contributed by atoms with E-state index in [0.29, 0.717) is 0 Å². The van der Waals surface area contributed by atoms with Gasteiger partial charge < -0.3 is 4.57 Å². The number of aromatic nitrogens is 1. The van der Waals surface area contributed by atoms with Crippen LogP contribution in [0.2, 0.25) is 5.02 Å². The summed E-state index contributed by atoms with van der Waals surface area (Å²) in [6, 6.07) is 27.3. The van der Waals surface area contributed by atoms with Gasteiger partial charge in [-0.1, -0.05) is 70.0 Å². The molecule has 1 heterocycles. The first-order valence-corrected chi connectivity index (χ1v) is 9.27. The van der Waals surface area contributed by atoms with Gasteiger partial charge >= 0.3 is 0 Å². The first-order chi connectivity index (χ1) is 12.2. The van der Waals surface area contributed by atoms with Crippen LogP contribution in [0.5, 0.6) is 0 Å². The van der Waals surface area contributed by atoms with Crippen LogP contribution in [0.25, 0.3) is 38.3 Å². The van der Waals surface area contributed by atoms with Crippen molar-refractivity contribution in [2.75, 3.05) is 0 Å². The highest BCUT2D eigenvalue weighted by Crippen LogP contribution is 2.37. The zero-order valence-corrected chi connectivity index (χ0v) is 15.6. The Labute approximate surface area is 158 Å². The van der Waals surface area contributed by atoms with Crippen LogP contribution in [0.15, 0.2) is 83.3 Å². The Morgan fingerprint density at radius 2 is 1.48 bits per heavy atom. The van der Waals surface area contributed by atoms with E-state index in [1.165, 1.54) is 27.1 Å². The summed E-state index contributed by atoms with van der Waals surface area (Å²) in [5.41, 5.74) is 3.33. The second kappa shape index (κ2) is 5.62. The molecule has 0 aliphatic heterocycles. The third-order valence-corrected chi connectivity index (χ3v) is 5.72. The first-order valence-electron chi connectivity index (χ1n) is 8.10. The average Bonchev–Trinajstić information content (AvgIpc) is 2.95. The number of hydrogen-bond acceptors (Lipinski definition) is 0. The molecule has 0 spiro atoms. The number of para-hydroxylation sites is 2. The molecule has 0 saturated heterocycles. The lowest BCUT2D eigenvalue weighted by atomic mass is 10.1. The Balaban J connectivity index is 2.04. The van der Waals surface area contributed by atoms with E-state index in [4.69, 9.17) is 11.6 Å². The molecule has 1 aromatic heterocycles. The Kier molecular flexibility index (Phi) is 3.37. The fraction of sp³-hybridized carbons (Fsp3) is 0. The maximum absolute atomic E-state index is 6.53. The molecular formula is C22H13BrClN. The van der Waals surface area contributed by atoms with Gasteiger partial charge in [0.1, 0.15) is 0 Å². The van der Waals surface area contributed by atoms with Crippen molar-refractivity contribution >= 4 is 60.1 Å². The average molecular weight is 407 g/mol. The lowest BCUT2D eigenvalue weighted by Gasteiger charge is -2.10. The Bertz CT molecular complexity index is 1270. The topological polar surface area (TPSA) is 4.93 Å². The van der Waals surface area contributed by atoms with Gasteiger partial charge in [0.15, 0.2) is 0 Å². The number of nitrogens with zero attached hydrogens (tertiary/aromatic N) is 1. The standard InChI is InChI=1S/C22H13BrClN/c23-18-8-5-6-14-12-22-17(13-16(14)18)15-7-1-3-10-20(15)25(22)21-11-4-2-9-19(21)24/h1-13H. The molecule has 0 N–H and O–H groups in total. The molecule has 3 heteroatoms. The van der Waals surface area contributed by atoms with Crippen LogP contribution in [-0.4, -0.2) is 4.57 Å². The van der Waals surface area contributed by atoms with Gasteiger partial charge in [0.05, 0.1) is 21.7 Å². The van der Waals surface area contributed by atoms with Crippen molar-refractivity contribution in [3.63, 3.8) is 0 Å². The van der Waals surface area contributed by atoms with Crippen LogP contribution in [0.1, 0.15) is 0 Å². The van der Waals surface area contributed by atoms with Crippen molar-refractivity contribution in [3.05, 3.63) is 88.4 Å². The second-order valence-electron chi connectivity index (χ2n) is 6.13. The molecule has 0 unspecified atom stereocenters. The predicted molar refractivity (Wildman–Crippen MR) is 111 cm³/mol. The van der Waals surface area contributed by atoms with E-state index in [2.05, 4.69) is 81.2 Å². The SMILES string of the molecule is Clc1ccccc1-n1c2ccccc2c2cc3c(Br)cccc3cc21. The highest BCUT2D eigenvalue weighted by Gasteiger charge is 2.15. The fourth-order valence-electron chi connectivity index (χ4n) is 3.59. The van der Waals surface area contributed by atoms with Gasteiger partial charge in [0.25, 0.3) is 0 Å². The van der Waals surface area contributed by atoms with E-state index in [-0.39, 0.29) is 0 Å². The molecule has 4 aromatic carbocycles. The summed E-state index contributed by atoms with van der Waals surface area (Å²) >= 11 is 10.2. The number of hydrogen-bond donors (Lipinski definition) is 0. The van der Waals surface area contributed by atoms with E-state index < -0.39 is 0 Å². The van der Waals surface area contributed by atoms with Gasteiger partial charge in [-0.25, -0.2) is 0 Å². The van der Waals surface area contributed by atoms with Crippen LogP contribution in [0, 0.1) is 0 Å². The number of benzene rings is 4. The summed E-state index contributed by atoms with van der Waals surface area (Å²) in [4.78, 5) is 0. The van der Waals surface area contributed by atoms with Gasteiger partial charge in [-0.3, -0.25) is 0 Å². The normalized spacial score (nSPS) is 11.6. The highest BCUT2D eigenvalue weighted by molar-refractivity contribution is 9.10. The molecule has 0 saturated carbocycles. The Hall–Kier alpha value is -2.29. The summed E-state index contributed by atoms with van der Waals surface area (Å²) in [5, 5.41) is 5.64. The second-order valence-corrected chi connectivity index (χ2v) is 7.40. The number of fused-ring (bicyclic) bond motifs is 4. The minimum Gasteiger partial charge on any atom is -0.308 e. The molecule has 0 aliphatic carbocycles. The Morgan fingerprint density at radius 3 is 2.36 bits per heavy atom. The zero-order valence-electron chi connectivity index (χ0n) is 13.2. The number of rotatable bonds is 1. The van der Waals surface area contributed by atoms with Gasteiger partial charge in [-0.2, -0.15) is 0 Å². The summed E-state index contributed by atoms with van der Waals surface area (Å²) in [6.07, 6.45) is 0. The minimum atomic E-state index is 0.750.